The molecule has 0 radical (unpaired) electrons. The van der Waals surface area contributed by atoms with Gasteiger partial charge >= 0.3 is 12.2 Å². The Morgan fingerprint density at radius 2 is 2.00 bits per heavy atom. The third-order valence-electron chi connectivity index (χ3n) is 6.19. The van der Waals surface area contributed by atoms with Crippen LogP contribution < -0.4 is 0 Å². The quantitative estimate of drug-likeness (QED) is 0.663. The number of rotatable bonds is 7. The van der Waals surface area contributed by atoms with Gasteiger partial charge in [-0.25, -0.2) is 14.5 Å². The predicted molar refractivity (Wildman–Crippen MR) is 113 cm³/mol. The molecule has 2 heterocycles. The number of likely N-dealkylation sites (tertiary alicyclic amines) is 1. The Morgan fingerprint density at radius 1 is 1.29 bits per heavy atom. The van der Waals surface area contributed by atoms with Crippen LogP contribution in [-0.4, -0.2) is 64.3 Å². The van der Waals surface area contributed by atoms with Crippen LogP contribution >= 0.6 is 0 Å². The van der Waals surface area contributed by atoms with Gasteiger partial charge in [0.15, 0.2) is 0 Å². The van der Waals surface area contributed by atoms with E-state index in [0.29, 0.717) is 19.6 Å². The lowest BCUT2D eigenvalue weighted by atomic mass is 9.94. The summed E-state index contributed by atoms with van der Waals surface area (Å²) in [4.78, 5) is 40.7. The van der Waals surface area contributed by atoms with Gasteiger partial charge in [0, 0.05) is 6.54 Å². The Balaban J connectivity index is 1.67. The number of carbonyl (C=O) groups excluding carboxylic acids is 3. The zero-order chi connectivity index (χ0) is 22.5. The summed E-state index contributed by atoms with van der Waals surface area (Å²) in [5.41, 5.74) is 0.809. The number of aliphatic hydroxyl groups is 1. The molecule has 0 aliphatic carbocycles. The van der Waals surface area contributed by atoms with E-state index in [4.69, 9.17) is 9.47 Å². The van der Waals surface area contributed by atoms with Gasteiger partial charge in [-0.3, -0.25) is 4.79 Å². The normalized spacial score (nSPS) is 25.3. The Labute approximate surface area is 183 Å². The number of aliphatic hydroxyl groups excluding tert-OH is 1. The fourth-order valence-electron chi connectivity index (χ4n) is 4.31. The third kappa shape index (κ3) is 4.84. The van der Waals surface area contributed by atoms with E-state index in [9.17, 15) is 19.5 Å². The average Bonchev–Trinajstić information content (AvgIpc) is 3.37. The lowest BCUT2D eigenvalue weighted by Crippen LogP contribution is -2.51. The number of hydrogen-bond acceptors (Lipinski definition) is 6. The molecule has 2 saturated heterocycles. The molecule has 0 bridgehead atoms. The van der Waals surface area contributed by atoms with Gasteiger partial charge in [0.25, 0.3) is 0 Å². The van der Waals surface area contributed by atoms with Crippen LogP contribution in [0.25, 0.3) is 0 Å². The number of benzene rings is 1. The number of imide groups is 1. The van der Waals surface area contributed by atoms with Crippen LogP contribution in [0, 0.1) is 5.92 Å². The van der Waals surface area contributed by atoms with E-state index in [0.717, 1.165) is 29.7 Å². The van der Waals surface area contributed by atoms with Crippen LogP contribution in [0.3, 0.4) is 0 Å². The van der Waals surface area contributed by atoms with E-state index in [1.54, 1.807) is 13.8 Å². The van der Waals surface area contributed by atoms with Gasteiger partial charge in [-0.05, 0) is 31.7 Å². The number of hydrogen-bond donors (Lipinski definition) is 1. The van der Waals surface area contributed by atoms with Crippen molar-refractivity contribution < 1.29 is 29.0 Å². The number of amides is 3. The molecule has 8 heteroatoms. The van der Waals surface area contributed by atoms with Gasteiger partial charge in [-0.1, -0.05) is 50.6 Å². The van der Waals surface area contributed by atoms with E-state index < -0.39 is 48.3 Å². The summed E-state index contributed by atoms with van der Waals surface area (Å²) in [6, 6.07) is 8.24. The first-order valence-corrected chi connectivity index (χ1v) is 11.1. The van der Waals surface area contributed by atoms with Crippen LogP contribution in [0.2, 0.25) is 0 Å². The van der Waals surface area contributed by atoms with Crippen molar-refractivity contribution in [2.75, 3.05) is 13.2 Å². The minimum Gasteiger partial charge on any atom is -0.449 e. The molecule has 3 amide bonds. The zero-order valence-electron chi connectivity index (χ0n) is 18.4. The zero-order valence-corrected chi connectivity index (χ0v) is 18.4. The molecule has 1 N–H and O–H groups in total. The highest BCUT2D eigenvalue weighted by Crippen LogP contribution is 2.34. The maximum absolute atomic E-state index is 13.2. The largest absolute Gasteiger partial charge is 0.449 e. The lowest BCUT2D eigenvalue weighted by Gasteiger charge is -2.32. The average molecular weight is 433 g/mol. The van der Waals surface area contributed by atoms with Crippen LogP contribution in [0.4, 0.5) is 9.59 Å². The fourth-order valence-corrected chi connectivity index (χ4v) is 4.31. The van der Waals surface area contributed by atoms with Crippen molar-refractivity contribution in [1.29, 1.82) is 0 Å². The SMILES string of the molecule is CCCCOC(=O)N1CCCC1[C@H](O)[C@@H](C)C(=O)N1C(=O)O[C@@H](c2ccccc2)[C@H]1C. The summed E-state index contributed by atoms with van der Waals surface area (Å²) in [6.07, 6.45) is 0.152. The highest BCUT2D eigenvalue weighted by molar-refractivity contribution is 5.95. The fraction of sp³-hybridized carbons (Fsp3) is 0.609. The maximum Gasteiger partial charge on any atom is 0.417 e. The molecule has 1 aromatic rings. The molecule has 3 rings (SSSR count). The molecule has 170 valence electrons. The standard InChI is InChI=1S/C23H32N2O6/c1-4-5-14-30-22(28)24-13-9-12-18(24)19(26)15(2)21(27)25-16(3)20(31-23(25)29)17-10-7-6-8-11-17/h6-8,10-11,15-16,18-20,26H,4-5,9,12-14H2,1-3H3/t15-,16-,18?,19-,20-/m1/s1. The van der Waals surface area contributed by atoms with Crippen LogP contribution in [0.5, 0.6) is 0 Å². The monoisotopic (exact) mass is 432 g/mol. The second-order valence-corrected chi connectivity index (χ2v) is 8.31. The van der Waals surface area contributed by atoms with Gasteiger partial charge in [0.2, 0.25) is 5.91 Å². The molecule has 1 aromatic carbocycles. The Hall–Kier alpha value is -2.61. The van der Waals surface area contributed by atoms with Crippen LogP contribution in [0.1, 0.15) is 58.1 Å². The molecule has 8 nitrogen and oxygen atoms in total. The number of cyclic esters (lactones) is 1. The minimum absolute atomic E-state index is 0.334. The number of nitrogens with zero attached hydrogens (tertiary/aromatic N) is 2. The molecular weight excluding hydrogens is 400 g/mol. The first kappa shape index (κ1) is 23.1. The van der Waals surface area contributed by atoms with Crippen molar-refractivity contribution in [3.63, 3.8) is 0 Å². The second kappa shape index (κ2) is 10.1. The highest BCUT2D eigenvalue weighted by Gasteiger charge is 2.47. The second-order valence-electron chi connectivity index (χ2n) is 8.31. The topological polar surface area (TPSA) is 96.4 Å². The summed E-state index contributed by atoms with van der Waals surface area (Å²) in [5.74, 6) is -1.38. The summed E-state index contributed by atoms with van der Waals surface area (Å²) >= 11 is 0. The van der Waals surface area contributed by atoms with Crippen LogP contribution in [0.15, 0.2) is 30.3 Å². The number of ether oxygens (including phenoxy) is 2. The molecule has 31 heavy (non-hydrogen) atoms. The van der Waals surface area contributed by atoms with E-state index >= 15 is 0 Å². The van der Waals surface area contributed by atoms with Crippen molar-refractivity contribution >= 4 is 18.1 Å². The van der Waals surface area contributed by atoms with Crippen molar-refractivity contribution in [3.8, 4) is 0 Å². The first-order chi connectivity index (χ1) is 14.9. The molecule has 2 aliphatic heterocycles. The van der Waals surface area contributed by atoms with Crippen molar-refractivity contribution in [1.82, 2.24) is 9.80 Å². The lowest BCUT2D eigenvalue weighted by molar-refractivity contribution is -0.137. The molecule has 0 saturated carbocycles. The third-order valence-corrected chi connectivity index (χ3v) is 6.19. The number of carbonyl (C=O) groups is 3. The summed E-state index contributed by atoms with van der Waals surface area (Å²) in [6.45, 7) is 6.16. The minimum atomic E-state index is -1.11. The Bertz CT molecular complexity index is 786. The van der Waals surface area contributed by atoms with Crippen molar-refractivity contribution in [2.24, 2.45) is 5.92 Å². The molecular formula is C23H32N2O6. The Kier molecular flexibility index (Phi) is 7.54. The van der Waals surface area contributed by atoms with E-state index in [1.807, 2.05) is 37.3 Å². The maximum atomic E-state index is 13.2. The van der Waals surface area contributed by atoms with Crippen molar-refractivity contribution in [2.45, 2.75) is 70.7 Å². The van der Waals surface area contributed by atoms with Crippen molar-refractivity contribution in [3.05, 3.63) is 35.9 Å². The molecule has 2 fully saturated rings. The summed E-state index contributed by atoms with van der Waals surface area (Å²) in [5, 5.41) is 10.9. The van der Waals surface area contributed by atoms with Gasteiger partial charge < -0.3 is 19.5 Å². The van der Waals surface area contributed by atoms with E-state index in [2.05, 4.69) is 0 Å². The molecule has 0 spiro atoms. The molecule has 2 aliphatic rings. The predicted octanol–water partition coefficient (Wildman–Crippen LogP) is 3.49. The molecule has 5 atom stereocenters. The van der Waals surface area contributed by atoms with Gasteiger partial charge in [0.05, 0.1) is 30.7 Å². The first-order valence-electron chi connectivity index (χ1n) is 11.1. The molecule has 1 unspecified atom stereocenters. The Morgan fingerprint density at radius 3 is 2.68 bits per heavy atom. The molecule has 0 aromatic heterocycles. The van der Waals surface area contributed by atoms with Gasteiger partial charge in [0.1, 0.15) is 6.10 Å². The summed E-state index contributed by atoms with van der Waals surface area (Å²) in [7, 11) is 0. The van der Waals surface area contributed by atoms with Crippen LogP contribution in [-0.2, 0) is 14.3 Å². The van der Waals surface area contributed by atoms with E-state index in [1.165, 1.54) is 4.90 Å². The number of unbranched alkanes of at least 4 members (excludes halogenated alkanes) is 1. The smallest absolute Gasteiger partial charge is 0.417 e. The summed E-state index contributed by atoms with van der Waals surface area (Å²) < 4.78 is 10.8. The van der Waals surface area contributed by atoms with Gasteiger partial charge in [-0.2, -0.15) is 0 Å². The van der Waals surface area contributed by atoms with Gasteiger partial charge in [-0.15, -0.1) is 0 Å². The van der Waals surface area contributed by atoms with E-state index in [-0.39, 0.29) is 0 Å². The highest BCUT2D eigenvalue weighted by atomic mass is 16.6.